The Bertz CT molecular complexity index is 1300. The molecule has 3 aromatic carbocycles. The fraction of sp³-hybridized carbons (Fsp3) is 0.160. The molecule has 1 heterocycles. The number of halogens is 1. The van der Waals surface area contributed by atoms with Crippen molar-refractivity contribution >= 4 is 50.8 Å². The molecule has 4 aromatic rings. The topological polar surface area (TPSA) is 68.5 Å². The van der Waals surface area contributed by atoms with Gasteiger partial charge in [0.05, 0.1) is 41.1 Å². The number of methoxy groups -OCH3 is 1. The summed E-state index contributed by atoms with van der Waals surface area (Å²) in [5, 5.41) is 4.87. The second-order valence-corrected chi connectivity index (χ2v) is 9.23. The summed E-state index contributed by atoms with van der Waals surface area (Å²) in [4.78, 5) is 17.1. The molecule has 0 fully saturated rings. The number of fused-ring (bicyclic) bond motifs is 1. The van der Waals surface area contributed by atoms with Crippen molar-refractivity contribution in [1.29, 1.82) is 0 Å². The van der Waals surface area contributed by atoms with Crippen LogP contribution in [0.2, 0.25) is 0 Å². The summed E-state index contributed by atoms with van der Waals surface area (Å²) in [6, 6.07) is 22.0. The van der Waals surface area contributed by atoms with Gasteiger partial charge in [0.25, 0.3) is 5.91 Å². The quantitative estimate of drug-likeness (QED) is 0.191. The summed E-state index contributed by atoms with van der Waals surface area (Å²) in [5.74, 6) is 0.750. The first-order valence-corrected chi connectivity index (χ1v) is 12.1. The summed E-state index contributed by atoms with van der Waals surface area (Å²) in [6.45, 7) is 2.77. The van der Waals surface area contributed by atoms with E-state index < -0.39 is 0 Å². The molecule has 0 spiro atoms. The summed E-state index contributed by atoms with van der Waals surface area (Å²) < 4.78 is 8.19. The van der Waals surface area contributed by atoms with Gasteiger partial charge in [-0.2, -0.15) is 5.10 Å². The minimum absolute atomic E-state index is 0.197. The van der Waals surface area contributed by atoms with Crippen LogP contribution in [0.3, 0.4) is 0 Å². The lowest BCUT2D eigenvalue weighted by Crippen LogP contribution is -2.20. The Labute approximate surface area is 205 Å². The zero-order chi connectivity index (χ0) is 23.2. The van der Waals surface area contributed by atoms with Gasteiger partial charge in [0.15, 0.2) is 5.16 Å². The molecule has 168 valence electrons. The molecule has 0 aliphatic rings. The average Bonchev–Trinajstić information content (AvgIpc) is 3.16. The standard InChI is InChI=1S/C25H23BrN4O2S/c1-17-7-9-18(10-8-17)15-30-22-6-4-3-5-21(22)28-25(30)33-16-24(31)29-27-14-19-11-12-23(32-2)20(26)13-19/h3-14H,15-16H2,1-2H3,(H,29,31). The van der Waals surface area contributed by atoms with Crippen LogP contribution in [0.15, 0.2) is 81.5 Å². The molecule has 0 radical (unpaired) electrons. The lowest BCUT2D eigenvalue weighted by Gasteiger charge is -2.09. The number of thioether (sulfide) groups is 1. The van der Waals surface area contributed by atoms with Crippen molar-refractivity contribution in [2.24, 2.45) is 5.10 Å². The number of rotatable bonds is 8. The van der Waals surface area contributed by atoms with Gasteiger partial charge < -0.3 is 9.30 Å². The molecule has 6 nitrogen and oxygen atoms in total. The largest absolute Gasteiger partial charge is 0.496 e. The van der Waals surface area contributed by atoms with Crippen molar-refractivity contribution in [2.45, 2.75) is 18.6 Å². The molecule has 33 heavy (non-hydrogen) atoms. The molecule has 8 heteroatoms. The predicted molar refractivity (Wildman–Crippen MR) is 137 cm³/mol. The third-order valence-electron chi connectivity index (χ3n) is 4.99. The van der Waals surface area contributed by atoms with E-state index in [0.717, 1.165) is 32.0 Å². The molecule has 1 N–H and O–H groups in total. The van der Waals surface area contributed by atoms with Crippen molar-refractivity contribution in [1.82, 2.24) is 15.0 Å². The van der Waals surface area contributed by atoms with E-state index in [1.807, 2.05) is 36.4 Å². The fourth-order valence-electron chi connectivity index (χ4n) is 3.30. The number of benzene rings is 3. The summed E-state index contributed by atoms with van der Waals surface area (Å²) in [6.07, 6.45) is 1.60. The van der Waals surface area contributed by atoms with Crippen LogP contribution in [-0.4, -0.2) is 34.5 Å². The highest BCUT2D eigenvalue weighted by molar-refractivity contribution is 9.10. The van der Waals surface area contributed by atoms with Crippen LogP contribution in [0.25, 0.3) is 11.0 Å². The number of carbonyl (C=O) groups excluding carboxylic acids is 1. The zero-order valence-electron chi connectivity index (χ0n) is 18.3. The smallest absolute Gasteiger partial charge is 0.250 e. The molecule has 4 rings (SSSR count). The van der Waals surface area contributed by atoms with E-state index in [1.54, 1.807) is 13.3 Å². The first-order valence-electron chi connectivity index (χ1n) is 10.3. The summed E-state index contributed by atoms with van der Waals surface area (Å²) in [5.41, 5.74) is 7.80. The normalized spacial score (nSPS) is 11.2. The number of ether oxygens (including phenoxy) is 1. The second-order valence-electron chi connectivity index (χ2n) is 7.43. The van der Waals surface area contributed by atoms with E-state index in [-0.39, 0.29) is 11.7 Å². The second kappa shape index (κ2) is 10.7. The lowest BCUT2D eigenvalue weighted by atomic mass is 10.1. The Morgan fingerprint density at radius 2 is 1.97 bits per heavy atom. The number of hydrogen-bond acceptors (Lipinski definition) is 5. The maximum atomic E-state index is 12.4. The predicted octanol–water partition coefficient (Wildman–Crippen LogP) is 5.41. The Hall–Kier alpha value is -3.10. The van der Waals surface area contributed by atoms with Crippen LogP contribution >= 0.6 is 27.7 Å². The van der Waals surface area contributed by atoms with E-state index in [4.69, 9.17) is 9.72 Å². The van der Waals surface area contributed by atoms with Gasteiger partial charge in [-0.25, -0.2) is 10.4 Å². The molecule has 1 aromatic heterocycles. The third kappa shape index (κ3) is 5.83. The van der Waals surface area contributed by atoms with Crippen molar-refractivity contribution < 1.29 is 9.53 Å². The maximum Gasteiger partial charge on any atom is 0.250 e. The molecule has 0 atom stereocenters. The number of imidazole rings is 1. The molecule has 0 aliphatic carbocycles. The van der Waals surface area contributed by atoms with E-state index in [9.17, 15) is 4.79 Å². The molecule has 0 unspecified atom stereocenters. The van der Waals surface area contributed by atoms with Crippen molar-refractivity contribution in [2.75, 3.05) is 12.9 Å². The Kier molecular flexibility index (Phi) is 7.47. The first kappa shape index (κ1) is 23.1. The molecule has 0 aliphatic heterocycles. The van der Waals surface area contributed by atoms with Gasteiger partial charge in [0, 0.05) is 0 Å². The summed E-state index contributed by atoms with van der Waals surface area (Å²) in [7, 11) is 1.61. The lowest BCUT2D eigenvalue weighted by molar-refractivity contribution is -0.118. The SMILES string of the molecule is COc1ccc(C=NNC(=O)CSc2nc3ccccc3n2Cc2ccc(C)cc2)cc1Br. The highest BCUT2D eigenvalue weighted by Gasteiger charge is 2.13. The van der Waals surface area contributed by atoms with E-state index in [1.165, 1.54) is 22.9 Å². The minimum Gasteiger partial charge on any atom is -0.496 e. The maximum absolute atomic E-state index is 12.4. The van der Waals surface area contributed by atoms with Crippen LogP contribution in [0.1, 0.15) is 16.7 Å². The number of nitrogens with one attached hydrogen (secondary N) is 1. The number of nitrogens with zero attached hydrogens (tertiary/aromatic N) is 3. The zero-order valence-corrected chi connectivity index (χ0v) is 20.7. The van der Waals surface area contributed by atoms with Crippen molar-refractivity contribution in [3.63, 3.8) is 0 Å². The molecule has 0 saturated heterocycles. The summed E-state index contributed by atoms with van der Waals surface area (Å²) >= 11 is 4.84. The van der Waals surface area contributed by atoms with Gasteiger partial charge in [-0.05, 0) is 64.3 Å². The van der Waals surface area contributed by atoms with Crippen LogP contribution in [0.5, 0.6) is 5.75 Å². The minimum atomic E-state index is -0.197. The fourth-order valence-corrected chi connectivity index (χ4v) is 4.66. The number of hydrazone groups is 1. The Balaban J connectivity index is 1.42. The van der Waals surface area contributed by atoms with Crippen LogP contribution in [0, 0.1) is 6.92 Å². The number of carbonyl (C=O) groups is 1. The van der Waals surface area contributed by atoms with Gasteiger partial charge in [0.2, 0.25) is 0 Å². The number of amides is 1. The number of aromatic nitrogens is 2. The Morgan fingerprint density at radius 1 is 1.18 bits per heavy atom. The van der Waals surface area contributed by atoms with Crippen LogP contribution in [-0.2, 0) is 11.3 Å². The monoisotopic (exact) mass is 522 g/mol. The van der Waals surface area contributed by atoms with Gasteiger partial charge >= 0.3 is 0 Å². The van der Waals surface area contributed by atoms with Gasteiger partial charge in [-0.3, -0.25) is 4.79 Å². The van der Waals surface area contributed by atoms with E-state index >= 15 is 0 Å². The highest BCUT2D eigenvalue weighted by atomic mass is 79.9. The van der Waals surface area contributed by atoms with Gasteiger partial charge in [0.1, 0.15) is 5.75 Å². The molecular formula is C25H23BrN4O2S. The van der Waals surface area contributed by atoms with Gasteiger partial charge in [-0.15, -0.1) is 0 Å². The van der Waals surface area contributed by atoms with Crippen molar-refractivity contribution in [3.8, 4) is 5.75 Å². The van der Waals surface area contributed by atoms with E-state index in [0.29, 0.717) is 6.54 Å². The van der Waals surface area contributed by atoms with Crippen LogP contribution < -0.4 is 10.2 Å². The number of hydrogen-bond donors (Lipinski definition) is 1. The molecule has 0 bridgehead atoms. The third-order valence-corrected chi connectivity index (χ3v) is 6.59. The average molecular weight is 523 g/mol. The van der Waals surface area contributed by atoms with Gasteiger partial charge in [-0.1, -0.05) is 53.7 Å². The number of para-hydroxylation sites is 2. The highest BCUT2D eigenvalue weighted by Crippen LogP contribution is 2.26. The molecular weight excluding hydrogens is 500 g/mol. The van der Waals surface area contributed by atoms with Crippen LogP contribution in [0.4, 0.5) is 0 Å². The van der Waals surface area contributed by atoms with Crippen molar-refractivity contribution in [3.05, 3.63) is 87.9 Å². The first-order chi connectivity index (χ1) is 16.0. The molecule has 1 amide bonds. The van der Waals surface area contributed by atoms with E-state index in [2.05, 4.69) is 68.3 Å². The number of aryl methyl sites for hydroxylation is 1. The Morgan fingerprint density at radius 3 is 2.73 bits per heavy atom. The molecule has 0 saturated carbocycles.